The van der Waals surface area contributed by atoms with Gasteiger partial charge in [0.1, 0.15) is 22.8 Å². The quantitative estimate of drug-likeness (QED) is 0.402. The average molecular weight is 441 g/mol. The topological polar surface area (TPSA) is 77.1 Å². The molecule has 0 unspecified atom stereocenters. The Hall–Kier alpha value is -3.39. The summed E-state index contributed by atoms with van der Waals surface area (Å²) in [6.45, 7) is 4.04. The van der Waals surface area contributed by atoms with E-state index in [1.165, 1.54) is 25.2 Å². The van der Waals surface area contributed by atoms with Crippen molar-refractivity contribution in [3.63, 3.8) is 0 Å². The van der Waals surface area contributed by atoms with Gasteiger partial charge >= 0.3 is 0 Å². The summed E-state index contributed by atoms with van der Waals surface area (Å²) in [5.41, 5.74) is 1.05. The standard InChI is InChI=1S/C23H24N2O5S/c1-5-14(2)30-16-8-6-15(7-9-16)12-18-21(26)24-23(31)25(22(18)27)19-11-10-17(28-3)13-20(19)29-4/h6-14H,5H2,1-4H3,(H,24,26,31)/b18-12+/t14-/m0/s1. The van der Waals surface area contributed by atoms with Crippen molar-refractivity contribution in [2.24, 2.45) is 0 Å². The summed E-state index contributed by atoms with van der Waals surface area (Å²) in [7, 11) is 3.01. The Balaban J connectivity index is 1.93. The van der Waals surface area contributed by atoms with E-state index in [0.717, 1.165) is 12.2 Å². The van der Waals surface area contributed by atoms with Gasteiger partial charge in [0.2, 0.25) is 0 Å². The summed E-state index contributed by atoms with van der Waals surface area (Å²) in [5.74, 6) is 0.574. The summed E-state index contributed by atoms with van der Waals surface area (Å²) in [4.78, 5) is 27.0. The predicted molar refractivity (Wildman–Crippen MR) is 123 cm³/mol. The minimum Gasteiger partial charge on any atom is -0.497 e. The van der Waals surface area contributed by atoms with Gasteiger partial charge in [-0.3, -0.25) is 14.9 Å². The Morgan fingerprint density at radius 3 is 2.35 bits per heavy atom. The van der Waals surface area contributed by atoms with Crippen molar-refractivity contribution >= 4 is 40.9 Å². The van der Waals surface area contributed by atoms with E-state index >= 15 is 0 Å². The molecule has 2 amide bonds. The largest absolute Gasteiger partial charge is 0.497 e. The molecule has 0 aliphatic carbocycles. The van der Waals surface area contributed by atoms with E-state index in [1.54, 1.807) is 42.5 Å². The zero-order valence-corrected chi connectivity index (χ0v) is 18.6. The molecule has 1 saturated heterocycles. The molecular formula is C23H24N2O5S. The molecule has 162 valence electrons. The van der Waals surface area contributed by atoms with Gasteiger partial charge in [-0.15, -0.1) is 0 Å². The second-order valence-corrected chi connectivity index (χ2v) is 7.29. The zero-order chi connectivity index (χ0) is 22.5. The molecule has 1 atom stereocenters. The molecule has 0 bridgehead atoms. The van der Waals surface area contributed by atoms with Crippen molar-refractivity contribution in [3.8, 4) is 17.2 Å². The second kappa shape index (κ2) is 9.61. The van der Waals surface area contributed by atoms with Crippen LogP contribution in [0.25, 0.3) is 6.08 Å². The minimum atomic E-state index is -0.557. The van der Waals surface area contributed by atoms with Crippen LogP contribution in [-0.2, 0) is 9.59 Å². The molecule has 1 aliphatic heterocycles. The number of hydrogen-bond acceptors (Lipinski definition) is 6. The van der Waals surface area contributed by atoms with E-state index in [9.17, 15) is 9.59 Å². The van der Waals surface area contributed by atoms with Crippen LogP contribution < -0.4 is 24.4 Å². The lowest BCUT2D eigenvalue weighted by Crippen LogP contribution is -2.54. The first kappa shape index (κ1) is 22.3. The molecule has 0 saturated carbocycles. The maximum atomic E-state index is 13.2. The van der Waals surface area contributed by atoms with Crippen LogP contribution in [0, 0.1) is 0 Å². The summed E-state index contributed by atoms with van der Waals surface area (Å²) < 4.78 is 16.4. The third-order valence-corrected chi connectivity index (χ3v) is 5.12. The van der Waals surface area contributed by atoms with Crippen LogP contribution in [0.1, 0.15) is 25.8 Å². The Bertz CT molecular complexity index is 1030. The molecule has 0 spiro atoms. The van der Waals surface area contributed by atoms with Crippen LogP contribution in [0.2, 0.25) is 0 Å². The Morgan fingerprint density at radius 2 is 1.74 bits per heavy atom. The highest BCUT2D eigenvalue weighted by Crippen LogP contribution is 2.34. The van der Waals surface area contributed by atoms with Gasteiger partial charge in [-0.2, -0.15) is 0 Å². The number of nitrogens with zero attached hydrogens (tertiary/aromatic N) is 1. The zero-order valence-electron chi connectivity index (χ0n) is 17.8. The van der Waals surface area contributed by atoms with E-state index in [-0.39, 0.29) is 16.8 Å². The summed E-state index contributed by atoms with van der Waals surface area (Å²) >= 11 is 5.26. The molecule has 7 nitrogen and oxygen atoms in total. The average Bonchev–Trinajstić information content (AvgIpc) is 2.77. The Labute approximate surface area is 186 Å². The van der Waals surface area contributed by atoms with E-state index < -0.39 is 11.8 Å². The molecular weight excluding hydrogens is 416 g/mol. The number of rotatable bonds is 7. The van der Waals surface area contributed by atoms with E-state index in [1.807, 2.05) is 13.8 Å². The van der Waals surface area contributed by atoms with Crippen LogP contribution in [0.3, 0.4) is 0 Å². The fourth-order valence-corrected chi connectivity index (χ4v) is 3.24. The molecule has 8 heteroatoms. The fraction of sp³-hybridized carbons (Fsp3) is 0.261. The monoisotopic (exact) mass is 440 g/mol. The molecule has 0 aromatic heterocycles. The second-order valence-electron chi connectivity index (χ2n) is 6.90. The molecule has 1 heterocycles. The highest BCUT2D eigenvalue weighted by atomic mass is 32.1. The first-order valence-corrected chi connectivity index (χ1v) is 10.2. The van der Waals surface area contributed by atoms with Gasteiger partial charge in [-0.1, -0.05) is 19.1 Å². The lowest BCUT2D eigenvalue weighted by molar-refractivity contribution is -0.122. The van der Waals surface area contributed by atoms with Gasteiger partial charge in [-0.25, -0.2) is 4.90 Å². The Kier molecular flexibility index (Phi) is 6.91. The number of carbonyl (C=O) groups excluding carboxylic acids is 2. The maximum absolute atomic E-state index is 13.2. The number of thiocarbonyl (C=S) groups is 1. The number of amides is 2. The van der Waals surface area contributed by atoms with E-state index in [4.69, 9.17) is 26.4 Å². The van der Waals surface area contributed by atoms with Gasteiger partial charge in [-0.05, 0) is 61.5 Å². The molecule has 31 heavy (non-hydrogen) atoms. The van der Waals surface area contributed by atoms with Gasteiger partial charge < -0.3 is 14.2 Å². The van der Waals surface area contributed by atoms with E-state index in [2.05, 4.69) is 5.32 Å². The summed E-state index contributed by atoms with van der Waals surface area (Å²) in [6, 6.07) is 12.2. The molecule has 2 aromatic rings. The van der Waals surface area contributed by atoms with Gasteiger partial charge in [0.15, 0.2) is 5.11 Å². The normalized spacial score (nSPS) is 16.2. The highest BCUT2D eigenvalue weighted by Gasteiger charge is 2.36. The van der Waals surface area contributed by atoms with Crippen molar-refractivity contribution in [2.75, 3.05) is 19.1 Å². The number of nitrogens with one attached hydrogen (secondary N) is 1. The molecule has 2 aromatic carbocycles. The van der Waals surface area contributed by atoms with Gasteiger partial charge in [0.25, 0.3) is 11.8 Å². The fourth-order valence-electron chi connectivity index (χ4n) is 2.97. The number of ether oxygens (including phenoxy) is 3. The van der Waals surface area contributed by atoms with Crippen molar-refractivity contribution in [1.29, 1.82) is 0 Å². The smallest absolute Gasteiger partial charge is 0.270 e. The summed E-state index contributed by atoms with van der Waals surface area (Å²) in [5, 5.41) is 2.55. The summed E-state index contributed by atoms with van der Waals surface area (Å²) in [6.07, 6.45) is 2.52. The predicted octanol–water partition coefficient (Wildman–Crippen LogP) is 3.71. The van der Waals surface area contributed by atoms with Crippen LogP contribution in [0.15, 0.2) is 48.0 Å². The van der Waals surface area contributed by atoms with Crippen molar-refractivity contribution in [2.45, 2.75) is 26.4 Å². The number of carbonyl (C=O) groups is 2. The highest BCUT2D eigenvalue weighted by molar-refractivity contribution is 7.80. The molecule has 0 radical (unpaired) electrons. The van der Waals surface area contributed by atoms with Gasteiger partial charge in [0.05, 0.1) is 26.0 Å². The lowest BCUT2D eigenvalue weighted by atomic mass is 10.1. The van der Waals surface area contributed by atoms with Crippen LogP contribution >= 0.6 is 12.2 Å². The third kappa shape index (κ3) is 4.86. The molecule has 3 rings (SSSR count). The minimum absolute atomic E-state index is 0.0204. The van der Waals surface area contributed by atoms with Crippen molar-refractivity contribution in [1.82, 2.24) is 5.32 Å². The SMILES string of the molecule is CC[C@H](C)Oc1ccc(/C=C2\C(=O)NC(=S)N(c3ccc(OC)cc3OC)C2=O)cc1. The van der Waals surface area contributed by atoms with Crippen LogP contribution in [0.5, 0.6) is 17.2 Å². The molecule has 1 N–H and O–H groups in total. The number of methoxy groups -OCH3 is 2. The first-order valence-electron chi connectivity index (χ1n) is 9.78. The number of benzene rings is 2. The van der Waals surface area contributed by atoms with Gasteiger partial charge in [0, 0.05) is 6.07 Å². The first-order chi connectivity index (χ1) is 14.9. The molecule has 1 fully saturated rings. The number of hydrogen-bond donors (Lipinski definition) is 1. The van der Waals surface area contributed by atoms with Crippen LogP contribution in [-0.4, -0.2) is 37.3 Å². The lowest BCUT2D eigenvalue weighted by Gasteiger charge is -2.30. The molecule has 1 aliphatic rings. The van der Waals surface area contributed by atoms with Crippen molar-refractivity contribution < 1.29 is 23.8 Å². The third-order valence-electron chi connectivity index (χ3n) is 4.83. The maximum Gasteiger partial charge on any atom is 0.270 e. The van der Waals surface area contributed by atoms with Crippen molar-refractivity contribution in [3.05, 3.63) is 53.6 Å². The Morgan fingerprint density at radius 1 is 1.06 bits per heavy atom. The number of anilines is 1. The van der Waals surface area contributed by atoms with Crippen LogP contribution in [0.4, 0.5) is 5.69 Å². The van der Waals surface area contributed by atoms with E-state index in [0.29, 0.717) is 22.7 Å².